The Hall–Kier alpha value is -0.790. The van der Waals surface area contributed by atoms with Crippen LogP contribution in [0.1, 0.15) is 53.4 Å². The molecule has 3 aliphatic heterocycles. The van der Waals surface area contributed by atoms with Crippen LogP contribution in [0.15, 0.2) is 12.2 Å². The quantitative estimate of drug-likeness (QED) is 0.602. The van der Waals surface area contributed by atoms with E-state index in [2.05, 4.69) is 20.4 Å². The van der Waals surface area contributed by atoms with Crippen LogP contribution in [0.25, 0.3) is 0 Å². The maximum atomic E-state index is 13.9. The van der Waals surface area contributed by atoms with Crippen LogP contribution < -0.4 is 0 Å². The molecule has 0 radical (unpaired) electrons. The number of ether oxygens (including phenoxy) is 3. The van der Waals surface area contributed by atoms with Crippen molar-refractivity contribution in [3.63, 3.8) is 0 Å². The lowest BCUT2D eigenvalue weighted by Gasteiger charge is -2.77. The van der Waals surface area contributed by atoms with Crippen molar-refractivity contribution in [2.75, 3.05) is 6.61 Å². The second-order valence-electron chi connectivity index (χ2n) is 11.5. The van der Waals surface area contributed by atoms with Gasteiger partial charge in [0, 0.05) is 17.3 Å². The number of carbonyl (C=O) groups excluding carboxylic acids is 1. The number of aliphatic hydroxyl groups is 2. The van der Waals surface area contributed by atoms with Crippen LogP contribution in [0.4, 0.5) is 0 Å². The Morgan fingerprint density at radius 2 is 1.83 bits per heavy atom. The molecule has 160 valence electrons. The molecule has 0 aromatic heterocycles. The number of Topliss-reactive ketones (excluding diaryl/α,β-unsaturated/α-hetero) is 1. The van der Waals surface area contributed by atoms with E-state index in [0.29, 0.717) is 18.6 Å². The first-order valence-electron chi connectivity index (χ1n) is 11.1. The van der Waals surface area contributed by atoms with Crippen molar-refractivity contribution < 1.29 is 29.2 Å². The number of carbonyl (C=O) groups is 1. The molecule has 3 heterocycles. The third kappa shape index (κ3) is 1.69. The summed E-state index contributed by atoms with van der Waals surface area (Å²) >= 11 is 0. The van der Waals surface area contributed by atoms with Crippen molar-refractivity contribution in [2.24, 2.45) is 34.0 Å². The van der Waals surface area contributed by atoms with E-state index in [-0.39, 0.29) is 29.0 Å². The van der Waals surface area contributed by atoms with E-state index < -0.39 is 40.7 Å². The first kappa shape index (κ1) is 18.9. The van der Waals surface area contributed by atoms with Gasteiger partial charge in [0.25, 0.3) is 0 Å². The summed E-state index contributed by atoms with van der Waals surface area (Å²) in [7, 11) is 0. The van der Waals surface area contributed by atoms with Gasteiger partial charge in [-0.05, 0) is 56.4 Å². The molecule has 4 aliphatic carbocycles. The molecule has 4 bridgehead atoms. The number of hydrogen-bond acceptors (Lipinski definition) is 6. The fraction of sp³-hybridized carbons (Fsp3) is 0.870. The molecule has 7 aliphatic rings. The van der Waals surface area contributed by atoms with E-state index in [0.717, 1.165) is 19.3 Å². The third-order valence-electron chi connectivity index (χ3n) is 9.62. The zero-order valence-corrected chi connectivity index (χ0v) is 17.7. The highest BCUT2D eigenvalue weighted by atomic mass is 16.8. The van der Waals surface area contributed by atoms with E-state index in [1.807, 2.05) is 13.8 Å². The fourth-order valence-electron chi connectivity index (χ4n) is 8.88. The molecule has 3 spiro atoms. The summed E-state index contributed by atoms with van der Waals surface area (Å²) < 4.78 is 19.3. The Bertz CT molecular complexity index is 833. The maximum absolute atomic E-state index is 13.9. The SMILES string of the molecule is C=C1C(=O)[C@@]23[C@@H]4OC(C)(C)O[C@@]25OC[C@@]2([C@H]([C@@H]5O)C(C)(C)CC[C@@H]2O)[C@@H]3CC[C@@H]14. The lowest BCUT2D eigenvalue weighted by atomic mass is 9.35. The highest BCUT2D eigenvalue weighted by Gasteiger charge is 2.89. The lowest BCUT2D eigenvalue weighted by molar-refractivity contribution is -0.534. The molecule has 3 saturated heterocycles. The fourth-order valence-corrected chi connectivity index (χ4v) is 8.88. The minimum absolute atomic E-state index is 0.0855. The normalized spacial score (nSPS) is 58.7. The van der Waals surface area contributed by atoms with Gasteiger partial charge in [0.1, 0.15) is 11.5 Å². The second kappa shape index (κ2) is 4.99. The molecule has 0 unspecified atom stereocenters. The first-order chi connectivity index (χ1) is 13.5. The topological polar surface area (TPSA) is 85.2 Å². The van der Waals surface area contributed by atoms with Gasteiger partial charge in [0.2, 0.25) is 5.79 Å². The standard InChI is InChI=1S/C23H32O6/c1-11-12-6-7-13-21-10-27-23(17(26)15(21)19(2,3)9-8-14(21)24)22(13,16(11)25)18(12)28-20(4,5)29-23/h12-15,17-18,24,26H,1,6-10H2,2-5H3/t12-,13-,14-,15+,17-,18+,21+,22-,23+/m0/s1. The maximum Gasteiger partial charge on any atom is 0.213 e. The molecule has 0 aromatic carbocycles. The Balaban J connectivity index is 1.68. The summed E-state index contributed by atoms with van der Waals surface area (Å²) in [4.78, 5) is 13.9. The average Bonchev–Trinajstić information content (AvgIpc) is 2.75. The van der Waals surface area contributed by atoms with Crippen LogP contribution >= 0.6 is 0 Å². The Labute approximate surface area is 171 Å². The predicted octanol–water partition coefficient (Wildman–Crippen LogP) is 2.17. The van der Waals surface area contributed by atoms with Crippen LogP contribution in [0, 0.1) is 34.0 Å². The Morgan fingerprint density at radius 1 is 1.10 bits per heavy atom. The van der Waals surface area contributed by atoms with Crippen LogP contribution in [0.5, 0.6) is 0 Å². The van der Waals surface area contributed by atoms with E-state index in [9.17, 15) is 15.0 Å². The van der Waals surface area contributed by atoms with Crippen molar-refractivity contribution in [3.8, 4) is 0 Å². The molecule has 9 atom stereocenters. The molecule has 2 N–H and O–H groups in total. The number of rotatable bonds is 0. The highest BCUT2D eigenvalue weighted by molar-refractivity contribution is 6.05. The van der Waals surface area contributed by atoms with E-state index in [4.69, 9.17) is 14.2 Å². The number of hydrogen-bond donors (Lipinski definition) is 2. The molecule has 7 rings (SSSR count). The summed E-state index contributed by atoms with van der Waals surface area (Å²) in [5.41, 5.74) is -1.45. The molecule has 6 nitrogen and oxygen atoms in total. The van der Waals surface area contributed by atoms with Crippen LogP contribution in [-0.2, 0) is 19.0 Å². The van der Waals surface area contributed by atoms with Gasteiger partial charge in [-0.15, -0.1) is 0 Å². The van der Waals surface area contributed by atoms with Crippen molar-refractivity contribution in [1.82, 2.24) is 0 Å². The van der Waals surface area contributed by atoms with Crippen LogP contribution in [0.2, 0.25) is 0 Å². The third-order valence-corrected chi connectivity index (χ3v) is 9.62. The summed E-state index contributed by atoms with van der Waals surface area (Å²) in [6, 6.07) is 0. The van der Waals surface area contributed by atoms with Gasteiger partial charge in [-0.1, -0.05) is 20.4 Å². The number of fused-ring (bicyclic) bond motifs is 1. The lowest BCUT2D eigenvalue weighted by Crippen LogP contribution is -2.88. The zero-order valence-electron chi connectivity index (χ0n) is 17.7. The summed E-state index contributed by atoms with van der Waals surface area (Å²) in [5, 5.41) is 23.3. The van der Waals surface area contributed by atoms with E-state index >= 15 is 0 Å². The molecular weight excluding hydrogens is 372 g/mol. The first-order valence-corrected chi connectivity index (χ1v) is 11.1. The highest BCUT2D eigenvalue weighted by Crippen LogP contribution is 2.79. The monoisotopic (exact) mass is 404 g/mol. The van der Waals surface area contributed by atoms with Gasteiger partial charge in [-0.3, -0.25) is 4.79 Å². The summed E-state index contributed by atoms with van der Waals surface area (Å²) in [6.45, 7) is 12.4. The van der Waals surface area contributed by atoms with Crippen molar-refractivity contribution >= 4 is 5.78 Å². The Kier molecular flexibility index (Phi) is 3.26. The number of aliphatic hydroxyl groups excluding tert-OH is 2. The van der Waals surface area contributed by atoms with E-state index in [1.54, 1.807) is 0 Å². The summed E-state index contributed by atoms with van der Waals surface area (Å²) in [6.07, 6.45) is 0.996. The van der Waals surface area contributed by atoms with Crippen molar-refractivity contribution in [1.29, 1.82) is 0 Å². The van der Waals surface area contributed by atoms with Crippen LogP contribution in [0.3, 0.4) is 0 Å². The Morgan fingerprint density at radius 3 is 2.55 bits per heavy atom. The summed E-state index contributed by atoms with van der Waals surface area (Å²) in [5.74, 6) is -2.99. The smallest absolute Gasteiger partial charge is 0.213 e. The minimum atomic E-state index is -1.46. The molecule has 6 heteroatoms. The second-order valence-corrected chi connectivity index (χ2v) is 11.5. The minimum Gasteiger partial charge on any atom is -0.392 e. The van der Waals surface area contributed by atoms with Gasteiger partial charge >= 0.3 is 0 Å². The van der Waals surface area contributed by atoms with Gasteiger partial charge in [0.05, 0.1) is 18.8 Å². The van der Waals surface area contributed by atoms with Crippen molar-refractivity contribution in [2.45, 2.75) is 83.3 Å². The average molecular weight is 405 g/mol. The van der Waals surface area contributed by atoms with Gasteiger partial charge < -0.3 is 24.4 Å². The van der Waals surface area contributed by atoms with Crippen molar-refractivity contribution in [3.05, 3.63) is 12.2 Å². The predicted molar refractivity (Wildman–Crippen MR) is 102 cm³/mol. The largest absolute Gasteiger partial charge is 0.392 e. The zero-order chi connectivity index (χ0) is 20.8. The van der Waals surface area contributed by atoms with Gasteiger partial charge in [-0.25, -0.2) is 0 Å². The molecule has 7 fully saturated rings. The molecular formula is C23H32O6. The molecule has 4 saturated carbocycles. The number of ketones is 1. The molecule has 29 heavy (non-hydrogen) atoms. The molecule has 0 aromatic rings. The van der Waals surface area contributed by atoms with Gasteiger partial charge in [-0.2, -0.15) is 0 Å². The van der Waals surface area contributed by atoms with E-state index in [1.165, 1.54) is 0 Å². The molecule has 0 amide bonds. The van der Waals surface area contributed by atoms with Gasteiger partial charge in [0.15, 0.2) is 11.6 Å². The van der Waals surface area contributed by atoms with Crippen LogP contribution in [-0.4, -0.2) is 52.5 Å².